The summed E-state index contributed by atoms with van der Waals surface area (Å²) >= 11 is 0. The molecule has 0 spiro atoms. The van der Waals surface area contributed by atoms with Crippen LogP contribution in [0.15, 0.2) is 0 Å². The number of carboxylic acids is 1. The number of nitrogens with one attached hydrogen (secondary N) is 2. The van der Waals surface area contributed by atoms with Crippen LogP contribution in [-0.4, -0.2) is 52.5 Å². The van der Waals surface area contributed by atoms with Crippen molar-refractivity contribution in [1.29, 1.82) is 0 Å². The number of carboxylic acid groups (broad SMARTS) is 1. The van der Waals surface area contributed by atoms with Crippen molar-refractivity contribution in [2.24, 2.45) is 5.92 Å². The molecule has 0 fully saturated rings. The molecule has 8 nitrogen and oxygen atoms in total. The van der Waals surface area contributed by atoms with Gasteiger partial charge in [-0.3, -0.25) is 4.79 Å². The highest BCUT2D eigenvalue weighted by molar-refractivity contribution is 5.89. The van der Waals surface area contributed by atoms with E-state index in [2.05, 4.69) is 10.6 Å². The highest BCUT2D eigenvalue weighted by Crippen LogP contribution is 2.09. The van der Waals surface area contributed by atoms with Gasteiger partial charge in [-0.2, -0.15) is 0 Å². The molecule has 22 heavy (non-hydrogen) atoms. The Hall–Kier alpha value is -1.83. The molecule has 0 heterocycles. The van der Waals surface area contributed by atoms with Crippen LogP contribution in [-0.2, 0) is 14.3 Å². The van der Waals surface area contributed by atoms with Gasteiger partial charge >= 0.3 is 12.1 Å². The van der Waals surface area contributed by atoms with E-state index < -0.39 is 42.3 Å². The van der Waals surface area contributed by atoms with E-state index >= 15 is 0 Å². The van der Waals surface area contributed by atoms with Crippen molar-refractivity contribution in [3.63, 3.8) is 0 Å². The third-order valence-corrected chi connectivity index (χ3v) is 2.51. The highest BCUT2D eigenvalue weighted by Gasteiger charge is 2.28. The lowest BCUT2D eigenvalue weighted by Gasteiger charge is -2.25. The number of carbonyl (C=O) groups is 3. The Morgan fingerprint density at radius 1 is 1.09 bits per heavy atom. The van der Waals surface area contributed by atoms with Crippen molar-refractivity contribution in [1.82, 2.24) is 10.6 Å². The number of aliphatic hydroxyl groups excluding tert-OH is 1. The lowest BCUT2D eigenvalue weighted by molar-refractivity contribution is -0.143. The van der Waals surface area contributed by atoms with Crippen LogP contribution in [0.4, 0.5) is 4.79 Å². The minimum absolute atomic E-state index is 0.0862. The molecule has 0 rings (SSSR count). The Morgan fingerprint density at radius 2 is 1.64 bits per heavy atom. The van der Waals surface area contributed by atoms with Gasteiger partial charge in [-0.05, 0) is 33.1 Å². The first-order valence-corrected chi connectivity index (χ1v) is 7.09. The predicted octanol–water partition coefficient (Wildman–Crippen LogP) is 0.488. The number of amides is 2. The molecule has 0 saturated carbocycles. The maximum Gasteiger partial charge on any atom is 0.408 e. The zero-order valence-electron chi connectivity index (χ0n) is 13.7. The first kappa shape index (κ1) is 20.2. The van der Waals surface area contributed by atoms with E-state index in [0.717, 1.165) is 0 Å². The minimum Gasteiger partial charge on any atom is -0.480 e. The Labute approximate surface area is 130 Å². The van der Waals surface area contributed by atoms with Gasteiger partial charge in [0.1, 0.15) is 17.7 Å². The molecule has 0 unspecified atom stereocenters. The Kier molecular flexibility index (Phi) is 7.86. The first-order chi connectivity index (χ1) is 9.96. The van der Waals surface area contributed by atoms with E-state index in [1.165, 1.54) is 0 Å². The van der Waals surface area contributed by atoms with Crippen LogP contribution in [0.5, 0.6) is 0 Å². The molecule has 4 N–H and O–H groups in total. The summed E-state index contributed by atoms with van der Waals surface area (Å²) in [6.45, 7) is 8.06. The predicted molar refractivity (Wildman–Crippen MR) is 79.3 cm³/mol. The minimum atomic E-state index is -1.41. The summed E-state index contributed by atoms with van der Waals surface area (Å²) < 4.78 is 5.08. The molecule has 0 aromatic heterocycles. The van der Waals surface area contributed by atoms with Crippen LogP contribution < -0.4 is 10.6 Å². The number of carbonyl (C=O) groups excluding carboxylic acids is 2. The SMILES string of the molecule is CC(C)C[C@H](NC(=O)OC(C)(C)C)C(=O)N[C@@H](CO)C(=O)O. The van der Waals surface area contributed by atoms with E-state index in [0.29, 0.717) is 6.42 Å². The van der Waals surface area contributed by atoms with Crippen LogP contribution in [0, 0.1) is 5.92 Å². The Balaban J connectivity index is 4.85. The van der Waals surface area contributed by atoms with Crippen molar-refractivity contribution in [3.8, 4) is 0 Å². The van der Waals surface area contributed by atoms with Gasteiger partial charge in [-0.15, -0.1) is 0 Å². The molecule has 2 amide bonds. The maximum atomic E-state index is 12.1. The normalized spacial score (nSPS) is 14.1. The summed E-state index contributed by atoms with van der Waals surface area (Å²) in [5, 5.41) is 22.4. The van der Waals surface area contributed by atoms with Gasteiger partial charge in [0, 0.05) is 0 Å². The fourth-order valence-electron chi connectivity index (χ4n) is 1.61. The quantitative estimate of drug-likeness (QED) is 0.541. The van der Waals surface area contributed by atoms with Gasteiger partial charge in [0.25, 0.3) is 0 Å². The smallest absolute Gasteiger partial charge is 0.408 e. The van der Waals surface area contributed by atoms with Crippen molar-refractivity contribution >= 4 is 18.0 Å². The second-order valence-electron chi connectivity index (χ2n) is 6.41. The topological polar surface area (TPSA) is 125 Å². The third-order valence-electron chi connectivity index (χ3n) is 2.51. The van der Waals surface area contributed by atoms with Crippen molar-refractivity contribution in [3.05, 3.63) is 0 Å². The van der Waals surface area contributed by atoms with Gasteiger partial charge in [0.05, 0.1) is 6.61 Å². The second-order valence-corrected chi connectivity index (χ2v) is 6.41. The molecule has 0 aliphatic carbocycles. The van der Waals surface area contributed by atoms with Gasteiger partial charge < -0.3 is 25.6 Å². The number of hydrogen-bond donors (Lipinski definition) is 4. The van der Waals surface area contributed by atoms with E-state index in [4.69, 9.17) is 14.9 Å². The molecule has 0 aliphatic rings. The van der Waals surface area contributed by atoms with Crippen molar-refractivity contribution in [2.75, 3.05) is 6.61 Å². The summed E-state index contributed by atoms with van der Waals surface area (Å²) in [6.07, 6.45) is -0.452. The second kappa shape index (κ2) is 8.57. The van der Waals surface area contributed by atoms with Crippen molar-refractivity contribution in [2.45, 2.75) is 58.7 Å². The van der Waals surface area contributed by atoms with Crippen LogP contribution >= 0.6 is 0 Å². The van der Waals surface area contributed by atoms with Crippen LogP contribution in [0.25, 0.3) is 0 Å². The van der Waals surface area contributed by atoms with E-state index in [1.807, 2.05) is 13.8 Å². The van der Waals surface area contributed by atoms with Gasteiger partial charge in [0.15, 0.2) is 0 Å². The standard InChI is InChI=1S/C14H26N2O6/c1-8(2)6-9(16-13(21)22-14(3,4)5)11(18)15-10(7-17)12(19)20/h8-10,17H,6-7H2,1-5H3,(H,15,18)(H,16,21)(H,19,20)/t9-,10-/m0/s1. The molecule has 0 aliphatic heterocycles. The third kappa shape index (κ3) is 8.46. The summed E-state index contributed by atoms with van der Waals surface area (Å²) in [5.74, 6) is -1.94. The average Bonchev–Trinajstić information content (AvgIpc) is 2.31. The molecule has 128 valence electrons. The number of ether oxygens (including phenoxy) is 1. The maximum absolute atomic E-state index is 12.1. The summed E-state index contributed by atoms with van der Waals surface area (Å²) in [7, 11) is 0. The van der Waals surface area contributed by atoms with E-state index in [1.54, 1.807) is 20.8 Å². The van der Waals surface area contributed by atoms with Gasteiger partial charge in [0.2, 0.25) is 5.91 Å². The first-order valence-electron chi connectivity index (χ1n) is 7.09. The average molecular weight is 318 g/mol. The summed E-state index contributed by atoms with van der Waals surface area (Å²) in [6, 6.07) is -2.36. The number of hydrogen-bond acceptors (Lipinski definition) is 5. The van der Waals surface area contributed by atoms with Gasteiger partial charge in [-0.1, -0.05) is 13.8 Å². The van der Waals surface area contributed by atoms with E-state index in [9.17, 15) is 14.4 Å². The molecule has 0 radical (unpaired) electrons. The summed E-state index contributed by atoms with van der Waals surface area (Å²) in [4.78, 5) is 34.7. The van der Waals surface area contributed by atoms with E-state index in [-0.39, 0.29) is 5.92 Å². The monoisotopic (exact) mass is 318 g/mol. The molecule has 0 saturated heterocycles. The van der Waals surface area contributed by atoms with Crippen LogP contribution in [0.3, 0.4) is 0 Å². The zero-order chi connectivity index (χ0) is 17.5. The lowest BCUT2D eigenvalue weighted by atomic mass is 10.0. The molecule has 2 atom stereocenters. The molecule has 0 bridgehead atoms. The number of aliphatic hydroxyl groups is 1. The number of aliphatic carboxylic acids is 1. The van der Waals surface area contributed by atoms with Gasteiger partial charge in [-0.25, -0.2) is 9.59 Å². The molecule has 8 heteroatoms. The lowest BCUT2D eigenvalue weighted by Crippen LogP contribution is -2.53. The van der Waals surface area contributed by atoms with Crippen molar-refractivity contribution < 1.29 is 29.3 Å². The highest BCUT2D eigenvalue weighted by atomic mass is 16.6. The Morgan fingerprint density at radius 3 is 2.00 bits per heavy atom. The largest absolute Gasteiger partial charge is 0.480 e. The fraction of sp³-hybridized carbons (Fsp3) is 0.786. The molecular formula is C14H26N2O6. The zero-order valence-corrected chi connectivity index (χ0v) is 13.7. The fourth-order valence-corrected chi connectivity index (χ4v) is 1.61. The molecule has 0 aromatic rings. The van der Waals surface area contributed by atoms with Crippen LogP contribution in [0.2, 0.25) is 0 Å². The van der Waals surface area contributed by atoms with Crippen LogP contribution in [0.1, 0.15) is 41.0 Å². The number of alkyl carbamates (subject to hydrolysis) is 1. The number of rotatable bonds is 7. The Bertz CT molecular complexity index is 403. The molecule has 0 aromatic carbocycles. The molecular weight excluding hydrogens is 292 g/mol. The summed E-state index contributed by atoms with van der Waals surface area (Å²) in [5.41, 5.74) is -0.711.